The third-order valence-electron chi connectivity index (χ3n) is 1.72. The molecule has 2 nitrogen and oxygen atoms in total. The summed E-state index contributed by atoms with van der Waals surface area (Å²) < 4.78 is 12.8. The quantitative estimate of drug-likeness (QED) is 0.643. The Hall–Kier alpha value is -1.56. The zero-order chi connectivity index (χ0) is 9.14. The maximum absolute atomic E-state index is 12.8. The van der Waals surface area contributed by atoms with Gasteiger partial charge >= 0.3 is 0 Å². The van der Waals surface area contributed by atoms with E-state index in [0.29, 0.717) is 5.56 Å². The fraction of sp³-hybridized carbons (Fsp3) is 0.222. The zero-order valence-electron chi connectivity index (χ0n) is 6.76. The Balaban J connectivity index is 3.16. The molecule has 0 saturated heterocycles. The number of nitrogens with zero attached hydrogens (tertiary/aromatic N) is 1. The molecule has 0 unspecified atom stereocenters. The molecule has 0 atom stereocenters. The normalized spacial score (nSPS) is 9.42. The lowest BCUT2D eigenvalue weighted by atomic mass is 10.1. The van der Waals surface area contributed by atoms with Crippen molar-refractivity contribution in [2.45, 2.75) is 13.3 Å². The smallest absolute Gasteiger partial charge is 0.146 e. The highest BCUT2D eigenvalue weighted by Gasteiger charge is 2.03. The second-order valence-corrected chi connectivity index (χ2v) is 2.64. The van der Waals surface area contributed by atoms with Gasteiger partial charge in [0.2, 0.25) is 0 Å². The van der Waals surface area contributed by atoms with Crippen molar-refractivity contribution < 1.29 is 4.39 Å². The van der Waals surface area contributed by atoms with Crippen LogP contribution in [0.25, 0.3) is 0 Å². The Labute approximate surface area is 70.4 Å². The first kappa shape index (κ1) is 8.54. The number of benzene rings is 1. The summed E-state index contributed by atoms with van der Waals surface area (Å²) >= 11 is 0. The van der Waals surface area contributed by atoms with Gasteiger partial charge in [-0.1, -0.05) is 0 Å². The molecule has 0 fully saturated rings. The third-order valence-corrected chi connectivity index (χ3v) is 1.72. The molecule has 1 aromatic rings. The van der Waals surface area contributed by atoms with Crippen molar-refractivity contribution in [3.63, 3.8) is 0 Å². The van der Waals surface area contributed by atoms with Crippen molar-refractivity contribution in [2.24, 2.45) is 0 Å². The van der Waals surface area contributed by atoms with Crippen LogP contribution in [0.5, 0.6) is 0 Å². The van der Waals surface area contributed by atoms with Gasteiger partial charge in [-0.05, 0) is 30.2 Å². The minimum atomic E-state index is -0.453. The van der Waals surface area contributed by atoms with Crippen LogP contribution in [0.4, 0.5) is 10.1 Å². The summed E-state index contributed by atoms with van der Waals surface area (Å²) in [5.41, 5.74) is 7.02. The van der Waals surface area contributed by atoms with Gasteiger partial charge in [0, 0.05) is 0 Å². The lowest BCUT2D eigenvalue weighted by molar-refractivity contribution is 0.630. The van der Waals surface area contributed by atoms with Crippen LogP contribution < -0.4 is 5.73 Å². The Morgan fingerprint density at radius 1 is 1.58 bits per heavy atom. The summed E-state index contributed by atoms with van der Waals surface area (Å²) in [6.07, 6.45) is 0.225. The molecule has 0 heterocycles. The molecule has 1 rings (SSSR count). The van der Waals surface area contributed by atoms with Crippen molar-refractivity contribution in [1.82, 2.24) is 0 Å². The lowest BCUT2D eigenvalue weighted by Gasteiger charge is -2.03. The van der Waals surface area contributed by atoms with Gasteiger partial charge in [0.1, 0.15) is 5.82 Å². The van der Waals surface area contributed by atoms with Crippen LogP contribution in [0.1, 0.15) is 11.1 Å². The molecule has 0 saturated carbocycles. The number of nitrogens with two attached hydrogens (primary N) is 1. The summed E-state index contributed by atoms with van der Waals surface area (Å²) in [6, 6.07) is 4.82. The van der Waals surface area contributed by atoms with Crippen molar-refractivity contribution in [3.8, 4) is 6.07 Å². The minimum absolute atomic E-state index is 0.134. The predicted octanol–water partition coefficient (Wildman–Crippen LogP) is 1.78. The second kappa shape index (κ2) is 3.22. The number of nitrogen functional groups attached to an aromatic ring is 1. The Morgan fingerprint density at radius 3 is 2.83 bits per heavy atom. The first-order valence-electron chi connectivity index (χ1n) is 3.56. The van der Waals surface area contributed by atoms with Gasteiger partial charge in [0.05, 0.1) is 18.2 Å². The monoisotopic (exact) mass is 164 g/mol. The Kier molecular flexibility index (Phi) is 2.29. The Bertz CT molecular complexity index is 339. The maximum atomic E-state index is 12.8. The van der Waals surface area contributed by atoms with Crippen molar-refractivity contribution in [2.75, 3.05) is 5.73 Å². The third kappa shape index (κ3) is 1.54. The summed E-state index contributed by atoms with van der Waals surface area (Å²) in [6.45, 7) is 1.81. The topological polar surface area (TPSA) is 49.8 Å². The molecule has 12 heavy (non-hydrogen) atoms. The van der Waals surface area contributed by atoms with E-state index in [0.717, 1.165) is 5.56 Å². The summed E-state index contributed by atoms with van der Waals surface area (Å²) in [4.78, 5) is 0. The van der Waals surface area contributed by atoms with Crippen LogP contribution >= 0.6 is 0 Å². The second-order valence-electron chi connectivity index (χ2n) is 2.64. The van der Waals surface area contributed by atoms with E-state index in [4.69, 9.17) is 11.0 Å². The number of nitriles is 1. The molecule has 0 bridgehead atoms. The molecule has 0 aliphatic heterocycles. The zero-order valence-corrected chi connectivity index (χ0v) is 6.76. The average molecular weight is 164 g/mol. The SMILES string of the molecule is Cc1cc(N)c(F)cc1CC#N. The molecule has 0 aliphatic carbocycles. The highest BCUT2D eigenvalue weighted by molar-refractivity contribution is 5.46. The number of anilines is 1. The van der Waals surface area contributed by atoms with Gasteiger partial charge in [-0.3, -0.25) is 0 Å². The molecule has 3 heteroatoms. The van der Waals surface area contributed by atoms with Crippen LogP contribution in [0.2, 0.25) is 0 Å². The molecule has 0 radical (unpaired) electrons. The van der Waals surface area contributed by atoms with Crippen molar-refractivity contribution in [1.29, 1.82) is 5.26 Å². The number of hydrogen-bond donors (Lipinski definition) is 1. The fourth-order valence-electron chi connectivity index (χ4n) is 1.02. The highest BCUT2D eigenvalue weighted by Crippen LogP contribution is 2.17. The van der Waals surface area contributed by atoms with E-state index in [1.165, 1.54) is 6.07 Å². The minimum Gasteiger partial charge on any atom is -0.396 e. The van der Waals surface area contributed by atoms with E-state index < -0.39 is 5.82 Å². The summed E-state index contributed by atoms with van der Waals surface area (Å²) in [7, 11) is 0. The highest BCUT2D eigenvalue weighted by atomic mass is 19.1. The van der Waals surface area contributed by atoms with Gasteiger partial charge in [-0.25, -0.2) is 4.39 Å². The molecule has 62 valence electrons. The molecule has 0 spiro atoms. The van der Waals surface area contributed by atoms with Gasteiger partial charge in [-0.2, -0.15) is 5.26 Å². The largest absolute Gasteiger partial charge is 0.396 e. The average Bonchev–Trinajstić information content (AvgIpc) is 2.01. The standard InChI is InChI=1S/C9H9FN2/c1-6-4-9(12)8(10)5-7(6)2-3-11/h4-5H,2,12H2,1H3. The molecular weight excluding hydrogens is 155 g/mol. The molecule has 2 N–H and O–H groups in total. The van der Waals surface area contributed by atoms with Gasteiger partial charge in [0.15, 0.2) is 0 Å². The number of halogens is 1. The molecular formula is C9H9FN2. The molecule has 0 aliphatic rings. The van der Waals surface area contributed by atoms with Crippen LogP contribution in [-0.4, -0.2) is 0 Å². The van der Waals surface area contributed by atoms with Crippen LogP contribution in [0.3, 0.4) is 0 Å². The molecule has 0 amide bonds. The first-order chi connectivity index (χ1) is 5.65. The van der Waals surface area contributed by atoms with Crippen LogP contribution in [-0.2, 0) is 6.42 Å². The number of aryl methyl sites for hydroxylation is 1. The van der Waals surface area contributed by atoms with Gasteiger partial charge in [0.25, 0.3) is 0 Å². The lowest BCUT2D eigenvalue weighted by Crippen LogP contribution is -1.95. The molecule has 0 aromatic heterocycles. The summed E-state index contributed by atoms with van der Waals surface area (Å²) in [5.74, 6) is -0.453. The van der Waals surface area contributed by atoms with Crippen LogP contribution in [0, 0.1) is 24.1 Å². The Morgan fingerprint density at radius 2 is 2.25 bits per heavy atom. The maximum Gasteiger partial charge on any atom is 0.146 e. The number of hydrogen-bond acceptors (Lipinski definition) is 2. The number of rotatable bonds is 1. The fourth-order valence-corrected chi connectivity index (χ4v) is 1.02. The van der Waals surface area contributed by atoms with Gasteiger partial charge in [-0.15, -0.1) is 0 Å². The van der Waals surface area contributed by atoms with E-state index in [2.05, 4.69) is 0 Å². The van der Waals surface area contributed by atoms with E-state index in [1.54, 1.807) is 6.07 Å². The van der Waals surface area contributed by atoms with E-state index in [1.807, 2.05) is 13.0 Å². The predicted molar refractivity (Wildman–Crippen MR) is 44.9 cm³/mol. The van der Waals surface area contributed by atoms with Crippen molar-refractivity contribution in [3.05, 3.63) is 29.1 Å². The van der Waals surface area contributed by atoms with E-state index >= 15 is 0 Å². The summed E-state index contributed by atoms with van der Waals surface area (Å²) in [5, 5.41) is 8.40. The van der Waals surface area contributed by atoms with E-state index in [-0.39, 0.29) is 12.1 Å². The van der Waals surface area contributed by atoms with Crippen molar-refractivity contribution >= 4 is 5.69 Å². The molecule has 1 aromatic carbocycles. The van der Waals surface area contributed by atoms with E-state index in [9.17, 15) is 4.39 Å². The van der Waals surface area contributed by atoms with Gasteiger partial charge < -0.3 is 5.73 Å². The first-order valence-corrected chi connectivity index (χ1v) is 3.56. The van der Waals surface area contributed by atoms with Crippen LogP contribution in [0.15, 0.2) is 12.1 Å².